The van der Waals surface area contributed by atoms with Crippen molar-refractivity contribution in [3.8, 4) is 5.75 Å². The van der Waals surface area contributed by atoms with E-state index in [-0.39, 0.29) is 18.2 Å². The van der Waals surface area contributed by atoms with Gasteiger partial charge in [0.25, 0.3) is 0 Å². The van der Waals surface area contributed by atoms with Gasteiger partial charge in [0, 0.05) is 18.7 Å². The summed E-state index contributed by atoms with van der Waals surface area (Å²) >= 11 is 1.18. The zero-order valence-corrected chi connectivity index (χ0v) is 21.7. The molecule has 0 radical (unpaired) electrons. The number of anilines is 1. The fourth-order valence-electron chi connectivity index (χ4n) is 3.75. The highest BCUT2D eigenvalue weighted by atomic mass is 32.2. The Morgan fingerprint density at radius 3 is 2.34 bits per heavy atom. The van der Waals surface area contributed by atoms with Crippen molar-refractivity contribution in [3.05, 3.63) is 89.7 Å². The summed E-state index contributed by atoms with van der Waals surface area (Å²) in [5.41, 5.74) is 2.32. The lowest BCUT2D eigenvalue weighted by Gasteiger charge is -2.32. The second kappa shape index (κ2) is 12.4. The quantitative estimate of drug-likeness (QED) is 0.415. The Balaban J connectivity index is 1.51. The minimum atomic E-state index is -0.723. The van der Waals surface area contributed by atoms with Gasteiger partial charge in [0.1, 0.15) is 16.8 Å². The number of carbonyl (C=O) groups excluding carboxylic acids is 3. The topological polar surface area (TPSA) is 97.3 Å². The molecule has 10 heteroatoms. The standard InChI is InChI=1S/C28H26FN3O5S/c1-36-23-13-3-18(4-14-23)15-16-32-25(33)17-24(38-28(32)31-22-11-7-20(29)8-12-22)26(34)30-21-9-5-19(6-10-21)27(35)37-2/h3-14,24H,15-17H2,1-2H3,(H,30,34)/t24-/m1/s1. The molecule has 4 rings (SSSR count). The first-order valence-corrected chi connectivity index (χ1v) is 12.7. The van der Waals surface area contributed by atoms with E-state index in [2.05, 4.69) is 15.0 Å². The highest BCUT2D eigenvalue weighted by Gasteiger charge is 2.35. The van der Waals surface area contributed by atoms with Crippen LogP contribution in [0.5, 0.6) is 5.75 Å². The number of amides is 2. The van der Waals surface area contributed by atoms with E-state index in [0.717, 1.165) is 11.3 Å². The number of hydrogen-bond acceptors (Lipinski definition) is 7. The molecule has 1 aliphatic heterocycles. The lowest BCUT2D eigenvalue weighted by atomic mass is 10.1. The summed E-state index contributed by atoms with van der Waals surface area (Å²) in [5.74, 6) is -0.735. The zero-order valence-electron chi connectivity index (χ0n) is 20.8. The third kappa shape index (κ3) is 6.77. The molecule has 38 heavy (non-hydrogen) atoms. The maximum atomic E-state index is 13.4. The summed E-state index contributed by atoms with van der Waals surface area (Å²) in [5, 5.41) is 2.43. The molecule has 1 fully saturated rings. The van der Waals surface area contributed by atoms with Crippen LogP contribution < -0.4 is 10.1 Å². The van der Waals surface area contributed by atoms with Crippen LogP contribution in [-0.2, 0) is 20.7 Å². The predicted octanol–water partition coefficient (Wildman–Crippen LogP) is 4.82. The number of halogens is 1. The molecule has 1 atom stereocenters. The Labute approximate surface area is 223 Å². The van der Waals surface area contributed by atoms with Crippen LogP contribution in [0.15, 0.2) is 77.8 Å². The number of benzene rings is 3. The van der Waals surface area contributed by atoms with Crippen LogP contribution in [0.25, 0.3) is 0 Å². The van der Waals surface area contributed by atoms with Gasteiger partial charge >= 0.3 is 5.97 Å². The van der Waals surface area contributed by atoms with Crippen molar-refractivity contribution in [2.45, 2.75) is 18.1 Å². The minimum absolute atomic E-state index is 0.0121. The summed E-state index contributed by atoms with van der Waals surface area (Å²) in [7, 11) is 2.89. The molecule has 0 aromatic heterocycles. The lowest BCUT2D eigenvalue weighted by molar-refractivity contribution is -0.129. The monoisotopic (exact) mass is 535 g/mol. The Kier molecular flexibility index (Phi) is 8.75. The van der Waals surface area contributed by atoms with E-state index < -0.39 is 17.0 Å². The number of nitrogens with one attached hydrogen (secondary N) is 1. The number of nitrogens with zero attached hydrogens (tertiary/aromatic N) is 2. The van der Waals surface area contributed by atoms with Crippen LogP contribution in [-0.4, -0.2) is 53.9 Å². The fraction of sp³-hybridized carbons (Fsp3) is 0.214. The van der Waals surface area contributed by atoms with E-state index in [9.17, 15) is 18.8 Å². The van der Waals surface area contributed by atoms with E-state index in [1.807, 2.05) is 24.3 Å². The Bertz CT molecular complexity index is 1330. The number of esters is 1. The highest BCUT2D eigenvalue weighted by Crippen LogP contribution is 2.30. The van der Waals surface area contributed by atoms with E-state index in [1.165, 1.54) is 43.1 Å². The van der Waals surface area contributed by atoms with E-state index in [4.69, 9.17) is 4.74 Å². The van der Waals surface area contributed by atoms with Crippen LogP contribution in [0.2, 0.25) is 0 Å². The Morgan fingerprint density at radius 2 is 1.71 bits per heavy atom. The lowest BCUT2D eigenvalue weighted by Crippen LogP contribution is -2.46. The Hall–Kier alpha value is -4.18. The van der Waals surface area contributed by atoms with Gasteiger partial charge in [0.2, 0.25) is 11.8 Å². The van der Waals surface area contributed by atoms with Crippen molar-refractivity contribution in [2.75, 3.05) is 26.1 Å². The number of thioether (sulfide) groups is 1. The predicted molar refractivity (Wildman–Crippen MR) is 144 cm³/mol. The molecule has 0 aliphatic carbocycles. The molecular formula is C28H26FN3O5S. The molecule has 2 amide bonds. The van der Waals surface area contributed by atoms with E-state index in [1.54, 1.807) is 36.3 Å². The maximum Gasteiger partial charge on any atom is 0.337 e. The van der Waals surface area contributed by atoms with Crippen molar-refractivity contribution in [3.63, 3.8) is 0 Å². The van der Waals surface area contributed by atoms with E-state index >= 15 is 0 Å². The van der Waals surface area contributed by atoms with Gasteiger partial charge in [-0.2, -0.15) is 0 Å². The molecular weight excluding hydrogens is 509 g/mol. The second-order valence-electron chi connectivity index (χ2n) is 8.38. The number of methoxy groups -OCH3 is 2. The summed E-state index contributed by atoms with van der Waals surface area (Å²) in [6.45, 7) is 0.363. The van der Waals surface area contributed by atoms with Gasteiger partial charge in [-0.15, -0.1) is 0 Å². The van der Waals surface area contributed by atoms with Crippen LogP contribution >= 0.6 is 11.8 Å². The smallest absolute Gasteiger partial charge is 0.337 e. The molecule has 8 nitrogen and oxygen atoms in total. The molecule has 3 aromatic carbocycles. The van der Waals surface area contributed by atoms with Crippen molar-refractivity contribution < 1.29 is 28.2 Å². The zero-order chi connectivity index (χ0) is 27.1. The summed E-state index contributed by atoms with van der Waals surface area (Å²) in [6, 6.07) is 19.5. The third-order valence-electron chi connectivity index (χ3n) is 5.84. The minimum Gasteiger partial charge on any atom is -0.497 e. The van der Waals surface area contributed by atoms with Gasteiger partial charge < -0.3 is 14.8 Å². The SMILES string of the molecule is COC(=O)c1ccc(NC(=O)[C@H]2CC(=O)N(CCc3ccc(OC)cc3)C(=Nc3ccc(F)cc3)S2)cc1. The van der Waals surface area contributed by atoms with Crippen LogP contribution in [0, 0.1) is 5.82 Å². The van der Waals surface area contributed by atoms with Crippen LogP contribution in [0.3, 0.4) is 0 Å². The molecule has 1 N–H and O–H groups in total. The summed E-state index contributed by atoms with van der Waals surface area (Å²) in [4.78, 5) is 44.1. The molecule has 196 valence electrons. The third-order valence-corrected chi connectivity index (χ3v) is 7.03. The first-order chi connectivity index (χ1) is 18.4. The molecule has 0 bridgehead atoms. The second-order valence-corrected chi connectivity index (χ2v) is 9.55. The van der Waals surface area contributed by atoms with Crippen LogP contribution in [0.4, 0.5) is 15.8 Å². The fourth-order valence-corrected chi connectivity index (χ4v) is 4.88. The number of ether oxygens (including phenoxy) is 2. The molecule has 0 unspecified atom stereocenters. The highest BCUT2D eigenvalue weighted by molar-refractivity contribution is 8.15. The molecule has 1 aliphatic rings. The van der Waals surface area contributed by atoms with Gasteiger partial charge in [-0.3, -0.25) is 14.5 Å². The maximum absolute atomic E-state index is 13.4. The molecule has 3 aromatic rings. The first kappa shape index (κ1) is 26.9. The van der Waals surface area contributed by atoms with Gasteiger partial charge in [-0.05, 0) is 72.6 Å². The van der Waals surface area contributed by atoms with Gasteiger partial charge in [0.15, 0.2) is 5.17 Å². The molecule has 0 saturated carbocycles. The van der Waals surface area contributed by atoms with Crippen molar-refractivity contribution in [1.29, 1.82) is 0 Å². The Morgan fingerprint density at radius 1 is 1.03 bits per heavy atom. The van der Waals surface area contributed by atoms with Gasteiger partial charge in [-0.1, -0.05) is 23.9 Å². The summed E-state index contributed by atoms with van der Waals surface area (Å²) in [6.07, 6.45) is 0.559. The van der Waals surface area contributed by atoms with Crippen molar-refractivity contribution in [1.82, 2.24) is 4.90 Å². The first-order valence-electron chi connectivity index (χ1n) is 11.8. The number of amidine groups is 1. The molecule has 1 heterocycles. The molecule has 1 saturated heterocycles. The number of hydrogen-bond donors (Lipinski definition) is 1. The van der Waals surface area contributed by atoms with E-state index in [0.29, 0.717) is 35.1 Å². The molecule has 0 spiro atoms. The largest absolute Gasteiger partial charge is 0.497 e. The van der Waals surface area contributed by atoms with Crippen LogP contribution in [0.1, 0.15) is 22.3 Å². The normalized spacial score (nSPS) is 16.3. The number of aliphatic imine (C=N–C) groups is 1. The average molecular weight is 536 g/mol. The van der Waals surface area contributed by atoms with Gasteiger partial charge in [-0.25, -0.2) is 14.2 Å². The average Bonchev–Trinajstić information content (AvgIpc) is 2.94. The summed E-state index contributed by atoms with van der Waals surface area (Å²) < 4.78 is 23.3. The van der Waals surface area contributed by atoms with Crippen molar-refractivity contribution >= 4 is 46.1 Å². The van der Waals surface area contributed by atoms with Crippen molar-refractivity contribution in [2.24, 2.45) is 4.99 Å². The van der Waals surface area contributed by atoms with Gasteiger partial charge in [0.05, 0.1) is 25.5 Å². The number of rotatable bonds is 8. The number of carbonyl (C=O) groups is 3.